The van der Waals surface area contributed by atoms with Gasteiger partial charge in [0, 0.05) is 21.0 Å². The lowest BCUT2D eigenvalue weighted by Gasteiger charge is -2.55. The number of ketones is 2. The number of hydrogen-bond donors (Lipinski definition) is 1. The predicted molar refractivity (Wildman–Crippen MR) is 130 cm³/mol. The van der Waals surface area contributed by atoms with Gasteiger partial charge in [0.25, 0.3) is 0 Å². The molecule has 1 aliphatic heterocycles. The summed E-state index contributed by atoms with van der Waals surface area (Å²) in [4.78, 5) is 25.4. The van der Waals surface area contributed by atoms with Crippen LogP contribution in [0.3, 0.4) is 0 Å². The average molecular weight is 562 g/mol. The van der Waals surface area contributed by atoms with E-state index >= 15 is 0 Å². The summed E-state index contributed by atoms with van der Waals surface area (Å²) in [6, 6.07) is 8.05. The first-order valence-corrected chi connectivity index (χ1v) is 13.4. The Bertz CT molecular complexity index is 1020. The number of fused-ring (bicyclic) bond motifs is 7. The van der Waals surface area contributed by atoms with Crippen molar-refractivity contribution in [3.8, 4) is 0 Å². The molecular weight excluding hydrogens is 531 g/mol. The molecule has 1 saturated heterocycles. The normalized spacial score (nSPS) is 43.8. The van der Waals surface area contributed by atoms with Crippen LogP contribution in [-0.4, -0.2) is 35.0 Å². The lowest BCUT2D eigenvalue weighted by molar-refractivity contribution is -0.185. The Morgan fingerprint density at radius 2 is 1.94 bits per heavy atom. The minimum Gasteiger partial charge on any atom is -0.388 e. The Balaban J connectivity index is 1.34. The lowest BCUT2D eigenvalue weighted by Crippen LogP contribution is -2.59. The molecule has 4 fully saturated rings. The number of Topliss-reactive ketones (excluding diaryl/α,β-unsaturated/α-hetero) is 1. The number of rotatable bonds is 3. The highest BCUT2D eigenvalue weighted by Gasteiger charge is 2.74. The summed E-state index contributed by atoms with van der Waals surface area (Å²) in [6.45, 7) is 1.70. The number of halogens is 1. The Labute approximate surface area is 208 Å². The molecule has 0 aromatic heterocycles. The van der Waals surface area contributed by atoms with Crippen LogP contribution in [0, 0.1) is 32.7 Å². The summed E-state index contributed by atoms with van der Waals surface area (Å²) in [5.74, 6) is 1.97. The number of carbonyl (C=O) groups is 2. The van der Waals surface area contributed by atoms with Crippen LogP contribution in [0.4, 0.5) is 0 Å². The molecule has 5 aliphatic rings. The molecule has 1 heterocycles. The first kappa shape index (κ1) is 22.4. The standard InChI is InChI=1S/C27H31IO5/c1-26-11-10-20-19-9-7-18(30)12-16(19)4-8-21(20)22(26)13-24-27(26,23(31)14-29)33-25(32-24)15-2-5-17(28)6-3-15/h2-3,5-6,12,19-22,24-25,29H,4,7-11,13-14H2,1H3/t19-,20+,21+,22-,24+,25+,26-,27+/m0/s1. The fourth-order valence-corrected chi connectivity index (χ4v) is 8.68. The molecule has 1 aromatic carbocycles. The predicted octanol–water partition coefficient (Wildman–Crippen LogP) is 4.76. The minimum absolute atomic E-state index is 0.233. The number of aliphatic hydroxyl groups excluding tert-OH is 1. The Hall–Kier alpha value is -1.09. The molecule has 0 bridgehead atoms. The van der Waals surface area contributed by atoms with Gasteiger partial charge in [0.05, 0.1) is 6.10 Å². The quantitative estimate of drug-likeness (QED) is 0.539. The maximum atomic E-state index is 13.4. The van der Waals surface area contributed by atoms with E-state index in [0.29, 0.717) is 30.1 Å². The molecule has 4 aliphatic carbocycles. The number of benzene rings is 1. The molecule has 1 N–H and O–H groups in total. The zero-order valence-electron chi connectivity index (χ0n) is 19.0. The maximum absolute atomic E-state index is 13.4. The Morgan fingerprint density at radius 1 is 1.15 bits per heavy atom. The van der Waals surface area contributed by atoms with Crippen LogP contribution in [0.2, 0.25) is 0 Å². The van der Waals surface area contributed by atoms with Crippen LogP contribution in [0.15, 0.2) is 35.9 Å². The monoisotopic (exact) mass is 562 g/mol. The highest BCUT2D eigenvalue weighted by molar-refractivity contribution is 14.1. The molecule has 0 spiro atoms. The van der Waals surface area contributed by atoms with Gasteiger partial charge in [-0.2, -0.15) is 0 Å². The molecule has 6 heteroatoms. The average Bonchev–Trinajstić information content (AvgIpc) is 3.31. The van der Waals surface area contributed by atoms with Gasteiger partial charge in [-0.3, -0.25) is 9.59 Å². The summed E-state index contributed by atoms with van der Waals surface area (Å²) in [6.07, 6.45) is 7.44. The number of ether oxygens (including phenoxy) is 2. The van der Waals surface area contributed by atoms with Crippen molar-refractivity contribution in [1.82, 2.24) is 0 Å². The van der Waals surface area contributed by atoms with E-state index in [2.05, 4.69) is 29.5 Å². The van der Waals surface area contributed by atoms with Gasteiger partial charge in [-0.25, -0.2) is 0 Å². The smallest absolute Gasteiger partial charge is 0.193 e. The van der Waals surface area contributed by atoms with E-state index in [9.17, 15) is 14.7 Å². The molecular formula is C27H31IO5. The van der Waals surface area contributed by atoms with Crippen molar-refractivity contribution in [2.75, 3.05) is 6.61 Å². The third-order valence-corrected chi connectivity index (χ3v) is 10.5. The first-order chi connectivity index (χ1) is 15.9. The van der Waals surface area contributed by atoms with Crippen molar-refractivity contribution in [3.63, 3.8) is 0 Å². The SMILES string of the molecule is C[C@]12CC[C@H]3[C@@H](CCC4=CC(=O)CC[C@@H]43)[C@@H]1C[C@H]1O[C@@H](c3ccc(I)cc3)O[C@]12C(=O)CO. The molecule has 6 rings (SSSR count). The number of carbonyl (C=O) groups excluding carboxylic acids is 2. The third-order valence-electron chi connectivity index (χ3n) is 9.74. The molecule has 33 heavy (non-hydrogen) atoms. The van der Waals surface area contributed by atoms with Gasteiger partial charge in [0.1, 0.15) is 6.61 Å². The molecule has 3 saturated carbocycles. The zero-order chi connectivity index (χ0) is 23.0. The summed E-state index contributed by atoms with van der Waals surface area (Å²) >= 11 is 2.27. The molecule has 1 aromatic rings. The van der Waals surface area contributed by atoms with Crippen LogP contribution in [-0.2, 0) is 19.1 Å². The largest absolute Gasteiger partial charge is 0.388 e. The van der Waals surface area contributed by atoms with Gasteiger partial charge in [-0.1, -0.05) is 24.6 Å². The number of allylic oxidation sites excluding steroid dienone is 1. The first-order valence-electron chi connectivity index (χ1n) is 12.3. The molecule has 8 atom stereocenters. The maximum Gasteiger partial charge on any atom is 0.193 e. The van der Waals surface area contributed by atoms with Gasteiger partial charge in [0.15, 0.2) is 23.5 Å². The van der Waals surface area contributed by atoms with Crippen LogP contribution in [0.5, 0.6) is 0 Å². The van der Waals surface area contributed by atoms with E-state index in [1.54, 1.807) is 0 Å². The van der Waals surface area contributed by atoms with Crippen molar-refractivity contribution >= 4 is 34.2 Å². The summed E-state index contributed by atoms with van der Waals surface area (Å²) in [5.41, 5.74) is 0.830. The Kier molecular flexibility index (Phi) is 5.40. The van der Waals surface area contributed by atoms with Crippen LogP contribution >= 0.6 is 22.6 Å². The van der Waals surface area contributed by atoms with Gasteiger partial charge in [-0.15, -0.1) is 0 Å². The zero-order valence-corrected chi connectivity index (χ0v) is 21.1. The number of aliphatic hydroxyl groups is 1. The van der Waals surface area contributed by atoms with Crippen molar-refractivity contribution in [2.45, 2.75) is 69.9 Å². The molecule has 0 amide bonds. The fraction of sp³-hybridized carbons (Fsp3) is 0.630. The van der Waals surface area contributed by atoms with Gasteiger partial charge >= 0.3 is 0 Å². The second-order valence-electron chi connectivity index (χ2n) is 10.9. The van der Waals surface area contributed by atoms with Crippen molar-refractivity contribution in [3.05, 3.63) is 45.0 Å². The molecule has 0 radical (unpaired) electrons. The van der Waals surface area contributed by atoms with E-state index < -0.39 is 18.5 Å². The van der Waals surface area contributed by atoms with Gasteiger partial charge in [-0.05, 0) is 103 Å². The van der Waals surface area contributed by atoms with Crippen molar-refractivity contribution in [1.29, 1.82) is 0 Å². The van der Waals surface area contributed by atoms with Crippen LogP contribution < -0.4 is 0 Å². The van der Waals surface area contributed by atoms with Crippen LogP contribution in [0.1, 0.15) is 63.7 Å². The second-order valence-corrected chi connectivity index (χ2v) is 12.2. The highest BCUT2D eigenvalue weighted by Crippen LogP contribution is 2.69. The lowest BCUT2D eigenvalue weighted by atomic mass is 9.50. The summed E-state index contributed by atoms with van der Waals surface area (Å²) in [5, 5.41) is 10.0. The third kappa shape index (κ3) is 3.13. The Morgan fingerprint density at radius 3 is 2.70 bits per heavy atom. The van der Waals surface area contributed by atoms with Crippen molar-refractivity contribution < 1.29 is 24.2 Å². The fourth-order valence-electron chi connectivity index (χ4n) is 8.32. The summed E-state index contributed by atoms with van der Waals surface area (Å²) < 4.78 is 14.3. The van der Waals surface area contributed by atoms with E-state index in [4.69, 9.17) is 9.47 Å². The van der Waals surface area contributed by atoms with Crippen LogP contribution in [0.25, 0.3) is 0 Å². The molecule has 0 unspecified atom stereocenters. The van der Waals surface area contributed by atoms with E-state index in [1.165, 1.54) is 5.57 Å². The second kappa shape index (κ2) is 7.97. The molecule has 5 nitrogen and oxygen atoms in total. The van der Waals surface area contributed by atoms with Gasteiger partial charge < -0.3 is 14.6 Å². The topological polar surface area (TPSA) is 72.8 Å². The number of hydrogen-bond acceptors (Lipinski definition) is 5. The van der Waals surface area contributed by atoms with E-state index in [0.717, 1.165) is 47.7 Å². The molecule has 176 valence electrons. The summed E-state index contributed by atoms with van der Waals surface area (Å²) in [7, 11) is 0. The highest BCUT2D eigenvalue weighted by atomic mass is 127. The van der Waals surface area contributed by atoms with Crippen molar-refractivity contribution in [2.24, 2.45) is 29.1 Å². The van der Waals surface area contributed by atoms with E-state index in [-0.39, 0.29) is 23.1 Å². The van der Waals surface area contributed by atoms with Gasteiger partial charge in [0.2, 0.25) is 0 Å². The minimum atomic E-state index is -1.09. The van der Waals surface area contributed by atoms with E-state index in [1.807, 2.05) is 30.3 Å².